The number of amides is 1. The van der Waals surface area contributed by atoms with Crippen molar-refractivity contribution in [1.29, 1.82) is 0 Å². The van der Waals surface area contributed by atoms with Gasteiger partial charge in [-0.15, -0.1) is 0 Å². The van der Waals surface area contributed by atoms with Gasteiger partial charge in [0.2, 0.25) is 5.91 Å². The predicted octanol–water partition coefficient (Wildman–Crippen LogP) is 4.28. The maximum absolute atomic E-state index is 12.7. The molecule has 2 aliphatic rings. The molecule has 0 spiro atoms. The highest BCUT2D eigenvalue weighted by Gasteiger charge is 2.27. The standard InChI is InChI=1S/C23H37N3O/c1-17(2)19-9-13-26(14-10-19)23(27)16-25-11-7-20(8-12-25)21-5-6-22(18(3)4)24-15-21/h5-6,15,17-20H,7-14,16H2,1-4H3. The van der Waals surface area contributed by atoms with Gasteiger partial charge in [-0.3, -0.25) is 14.7 Å². The molecule has 0 radical (unpaired) electrons. The van der Waals surface area contributed by atoms with Gasteiger partial charge in [0.05, 0.1) is 6.54 Å². The Bertz CT molecular complexity index is 595. The van der Waals surface area contributed by atoms with E-state index in [4.69, 9.17) is 0 Å². The van der Waals surface area contributed by atoms with Gasteiger partial charge in [0.15, 0.2) is 0 Å². The molecule has 3 rings (SSSR count). The van der Waals surface area contributed by atoms with E-state index in [1.165, 1.54) is 24.1 Å². The third kappa shape index (κ3) is 5.31. The van der Waals surface area contributed by atoms with Crippen molar-refractivity contribution in [2.75, 3.05) is 32.7 Å². The largest absolute Gasteiger partial charge is 0.342 e. The summed E-state index contributed by atoms with van der Waals surface area (Å²) < 4.78 is 0. The Balaban J connectivity index is 1.43. The quantitative estimate of drug-likeness (QED) is 0.775. The lowest BCUT2D eigenvalue weighted by atomic mass is 9.86. The molecule has 0 aliphatic carbocycles. The molecule has 0 unspecified atom stereocenters. The number of pyridine rings is 1. The summed E-state index contributed by atoms with van der Waals surface area (Å²) in [5, 5.41) is 0. The van der Waals surface area contributed by atoms with E-state index in [1.54, 1.807) is 0 Å². The van der Waals surface area contributed by atoms with Crippen molar-refractivity contribution in [3.63, 3.8) is 0 Å². The summed E-state index contributed by atoms with van der Waals surface area (Å²) in [5.41, 5.74) is 2.53. The van der Waals surface area contributed by atoms with Gasteiger partial charge in [-0.1, -0.05) is 33.8 Å². The highest BCUT2D eigenvalue weighted by Crippen LogP contribution is 2.29. The molecule has 1 aromatic heterocycles. The average Bonchev–Trinajstić information content (AvgIpc) is 2.68. The molecule has 1 aromatic rings. The molecular weight excluding hydrogens is 334 g/mol. The van der Waals surface area contributed by atoms with Crippen LogP contribution in [-0.4, -0.2) is 53.4 Å². The van der Waals surface area contributed by atoms with Crippen LogP contribution in [0, 0.1) is 11.8 Å². The third-order valence-corrected chi connectivity index (χ3v) is 6.65. The summed E-state index contributed by atoms with van der Waals surface area (Å²) in [6.45, 7) is 13.5. The van der Waals surface area contributed by atoms with Crippen LogP contribution in [0.3, 0.4) is 0 Å². The van der Waals surface area contributed by atoms with Crippen LogP contribution in [0.5, 0.6) is 0 Å². The van der Waals surface area contributed by atoms with Gasteiger partial charge in [0.25, 0.3) is 0 Å². The van der Waals surface area contributed by atoms with Crippen LogP contribution in [-0.2, 0) is 4.79 Å². The summed E-state index contributed by atoms with van der Waals surface area (Å²) in [6, 6.07) is 4.43. The van der Waals surface area contributed by atoms with Crippen LogP contribution in [0.15, 0.2) is 18.3 Å². The second kappa shape index (κ2) is 9.18. The fraction of sp³-hybridized carbons (Fsp3) is 0.739. The fourth-order valence-corrected chi connectivity index (χ4v) is 4.53. The van der Waals surface area contributed by atoms with E-state index in [0.29, 0.717) is 24.3 Å². The first kappa shape index (κ1) is 20.3. The Labute approximate surface area is 165 Å². The first-order valence-corrected chi connectivity index (χ1v) is 10.9. The number of carbonyl (C=O) groups excluding carboxylic acids is 1. The normalized spacial score (nSPS) is 20.6. The zero-order chi connectivity index (χ0) is 19.4. The monoisotopic (exact) mass is 371 g/mol. The van der Waals surface area contributed by atoms with Crippen molar-refractivity contribution in [3.8, 4) is 0 Å². The van der Waals surface area contributed by atoms with Crippen LogP contribution >= 0.6 is 0 Å². The van der Waals surface area contributed by atoms with E-state index in [0.717, 1.165) is 50.9 Å². The molecular formula is C23H37N3O. The minimum atomic E-state index is 0.332. The van der Waals surface area contributed by atoms with E-state index < -0.39 is 0 Å². The highest BCUT2D eigenvalue weighted by atomic mass is 16.2. The highest BCUT2D eigenvalue weighted by molar-refractivity contribution is 5.78. The van der Waals surface area contributed by atoms with Crippen LogP contribution < -0.4 is 0 Å². The maximum Gasteiger partial charge on any atom is 0.236 e. The minimum Gasteiger partial charge on any atom is -0.342 e. The van der Waals surface area contributed by atoms with Gasteiger partial charge in [-0.25, -0.2) is 0 Å². The first-order valence-electron chi connectivity index (χ1n) is 10.9. The lowest BCUT2D eigenvalue weighted by Gasteiger charge is -2.36. The van der Waals surface area contributed by atoms with E-state index >= 15 is 0 Å². The summed E-state index contributed by atoms with van der Waals surface area (Å²) in [7, 11) is 0. The van der Waals surface area contributed by atoms with Gasteiger partial charge in [0, 0.05) is 25.0 Å². The number of carbonyl (C=O) groups is 1. The Hall–Kier alpha value is -1.42. The molecule has 0 aromatic carbocycles. The van der Waals surface area contributed by atoms with Crippen molar-refractivity contribution in [1.82, 2.24) is 14.8 Å². The molecule has 0 saturated carbocycles. The predicted molar refractivity (Wildman–Crippen MR) is 111 cm³/mol. The molecule has 0 atom stereocenters. The average molecular weight is 372 g/mol. The molecule has 4 heteroatoms. The summed E-state index contributed by atoms with van der Waals surface area (Å²) in [6.07, 6.45) is 6.67. The van der Waals surface area contributed by atoms with Crippen molar-refractivity contribution in [2.45, 2.75) is 65.2 Å². The number of hydrogen-bond donors (Lipinski definition) is 0. The summed E-state index contributed by atoms with van der Waals surface area (Å²) in [5.74, 6) is 2.94. The molecule has 2 aliphatic heterocycles. The Morgan fingerprint density at radius 1 is 1.04 bits per heavy atom. The second-order valence-corrected chi connectivity index (χ2v) is 9.18. The van der Waals surface area contributed by atoms with E-state index in [9.17, 15) is 4.79 Å². The molecule has 0 bridgehead atoms. The van der Waals surface area contributed by atoms with Crippen LogP contribution in [0.1, 0.15) is 76.5 Å². The molecule has 2 fully saturated rings. The fourth-order valence-electron chi connectivity index (χ4n) is 4.53. The molecule has 0 N–H and O–H groups in total. The molecule has 1 amide bonds. The molecule has 3 heterocycles. The van der Waals surface area contributed by atoms with Crippen LogP contribution in [0.2, 0.25) is 0 Å². The SMILES string of the molecule is CC(C)c1ccc(C2CCN(CC(=O)N3CCC(C(C)C)CC3)CC2)cn1. The van der Waals surface area contributed by atoms with Gasteiger partial charge < -0.3 is 4.90 Å². The number of hydrogen-bond acceptors (Lipinski definition) is 3. The number of nitrogens with zero attached hydrogens (tertiary/aromatic N) is 3. The molecule has 4 nitrogen and oxygen atoms in total. The number of aromatic nitrogens is 1. The second-order valence-electron chi connectivity index (χ2n) is 9.18. The summed E-state index contributed by atoms with van der Waals surface area (Å²) >= 11 is 0. The lowest BCUT2D eigenvalue weighted by Crippen LogP contribution is -2.46. The topological polar surface area (TPSA) is 36.4 Å². The molecule has 27 heavy (non-hydrogen) atoms. The Morgan fingerprint density at radius 3 is 2.22 bits per heavy atom. The van der Waals surface area contributed by atoms with Gasteiger partial charge in [0.1, 0.15) is 0 Å². The van der Waals surface area contributed by atoms with Crippen molar-refractivity contribution in [2.24, 2.45) is 11.8 Å². The van der Waals surface area contributed by atoms with Gasteiger partial charge in [-0.05, 0) is 74.1 Å². The number of piperidine rings is 2. The third-order valence-electron chi connectivity index (χ3n) is 6.65. The smallest absolute Gasteiger partial charge is 0.236 e. The zero-order valence-electron chi connectivity index (χ0n) is 17.7. The van der Waals surface area contributed by atoms with Crippen molar-refractivity contribution in [3.05, 3.63) is 29.6 Å². The van der Waals surface area contributed by atoms with E-state index in [2.05, 4.69) is 60.8 Å². The lowest BCUT2D eigenvalue weighted by molar-refractivity contribution is -0.134. The Kier molecular flexibility index (Phi) is 6.91. The minimum absolute atomic E-state index is 0.332. The number of rotatable bonds is 5. The van der Waals surface area contributed by atoms with Crippen LogP contribution in [0.25, 0.3) is 0 Å². The molecule has 2 saturated heterocycles. The van der Waals surface area contributed by atoms with Crippen molar-refractivity contribution < 1.29 is 4.79 Å². The van der Waals surface area contributed by atoms with Gasteiger partial charge in [-0.2, -0.15) is 0 Å². The van der Waals surface area contributed by atoms with E-state index in [1.807, 2.05) is 0 Å². The van der Waals surface area contributed by atoms with E-state index in [-0.39, 0.29) is 0 Å². The first-order chi connectivity index (χ1) is 12.9. The maximum atomic E-state index is 12.7. The zero-order valence-corrected chi connectivity index (χ0v) is 17.7. The summed E-state index contributed by atoms with van der Waals surface area (Å²) in [4.78, 5) is 21.7. The Morgan fingerprint density at radius 2 is 1.70 bits per heavy atom. The van der Waals surface area contributed by atoms with Crippen LogP contribution in [0.4, 0.5) is 0 Å². The molecule has 150 valence electrons. The number of likely N-dealkylation sites (tertiary alicyclic amines) is 2. The van der Waals surface area contributed by atoms with Crippen molar-refractivity contribution >= 4 is 5.91 Å². The van der Waals surface area contributed by atoms with Gasteiger partial charge >= 0.3 is 0 Å².